The smallest absolute Gasteiger partial charge is 0.410 e. The summed E-state index contributed by atoms with van der Waals surface area (Å²) < 4.78 is 35.5. The number of hydrogen-bond acceptors (Lipinski definition) is 10. The number of rotatable bonds is 5. The summed E-state index contributed by atoms with van der Waals surface area (Å²) in [6.07, 6.45) is 3.59. The van der Waals surface area contributed by atoms with E-state index in [-0.39, 0.29) is 28.8 Å². The van der Waals surface area contributed by atoms with Gasteiger partial charge in [-0.25, -0.2) is 37.7 Å². The van der Waals surface area contributed by atoms with E-state index < -0.39 is 23.6 Å². The van der Waals surface area contributed by atoms with Crippen LogP contribution in [0.25, 0.3) is 11.3 Å². The van der Waals surface area contributed by atoms with Crippen molar-refractivity contribution in [1.82, 2.24) is 39.2 Å². The lowest BCUT2D eigenvalue weighted by atomic mass is 10.2. The Labute approximate surface area is 226 Å². The molecule has 1 aliphatic rings. The lowest BCUT2D eigenvalue weighted by Crippen LogP contribution is -2.50. The Hall–Kier alpha value is -4.89. The molecule has 0 saturated carbocycles. The molecule has 0 unspecified atom stereocenters. The molecule has 3 N–H and O–H groups in total. The van der Waals surface area contributed by atoms with Crippen molar-refractivity contribution in [2.24, 2.45) is 0 Å². The molecule has 4 aromatic rings. The highest BCUT2D eigenvalue weighted by Crippen LogP contribution is 2.28. The van der Waals surface area contributed by atoms with Gasteiger partial charge in [0.1, 0.15) is 22.7 Å². The number of carbonyl (C=O) groups is 2. The van der Waals surface area contributed by atoms with Crippen molar-refractivity contribution in [3.63, 3.8) is 0 Å². The quantitative estimate of drug-likeness (QED) is 0.374. The van der Waals surface area contributed by atoms with Crippen molar-refractivity contribution in [3.8, 4) is 5.69 Å². The molecule has 1 saturated heterocycles. The minimum atomic E-state index is -2.96. The van der Waals surface area contributed by atoms with Crippen LogP contribution in [0.2, 0.25) is 0 Å². The van der Waals surface area contributed by atoms with E-state index >= 15 is 0 Å². The summed E-state index contributed by atoms with van der Waals surface area (Å²) in [6, 6.07) is 1.51. The standard InChI is InChI=1S/C24H27F2N11O3/c1-24(2,3)40-23(39)35-8-6-34(7-9-35)22-28-10-14(11-29-22)37-13-16(18(33-37)19(25)26)31-21(38)15-12-30-36-5-4-17(27)32-20(15)36/h4-5,10-13,19H,6-9H2,1-3H3,(H2,27,32)(H,31,38). The number of anilines is 3. The van der Waals surface area contributed by atoms with Crippen LogP contribution < -0.4 is 16.0 Å². The molecule has 5 heterocycles. The Morgan fingerprint density at radius 2 is 1.80 bits per heavy atom. The molecule has 0 radical (unpaired) electrons. The molecule has 4 aromatic heterocycles. The van der Waals surface area contributed by atoms with E-state index in [9.17, 15) is 18.4 Å². The number of piperazine rings is 1. The van der Waals surface area contributed by atoms with Gasteiger partial charge in [-0.1, -0.05) is 0 Å². The molecular formula is C24H27F2N11O3. The number of ether oxygens (including phenoxy) is 1. The average molecular weight is 556 g/mol. The predicted octanol–water partition coefficient (Wildman–Crippen LogP) is 2.53. The highest BCUT2D eigenvalue weighted by molar-refractivity contribution is 6.08. The van der Waals surface area contributed by atoms with Crippen LogP contribution >= 0.6 is 0 Å². The lowest BCUT2D eigenvalue weighted by Gasteiger charge is -2.35. The maximum absolute atomic E-state index is 13.8. The van der Waals surface area contributed by atoms with Gasteiger partial charge in [0.25, 0.3) is 12.3 Å². The van der Waals surface area contributed by atoms with Gasteiger partial charge in [0.05, 0.1) is 30.5 Å². The van der Waals surface area contributed by atoms with Gasteiger partial charge in [-0.05, 0) is 26.8 Å². The number of carbonyl (C=O) groups excluding carboxylic acids is 2. The van der Waals surface area contributed by atoms with Crippen molar-refractivity contribution in [3.05, 3.63) is 48.3 Å². The van der Waals surface area contributed by atoms with Gasteiger partial charge < -0.3 is 25.6 Å². The van der Waals surface area contributed by atoms with E-state index in [1.165, 1.54) is 41.6 Å². The van der Waals surface area contributed by atoms with Crippen LogP contribution in [0.3, 0.4) is 0 Å². The Morgan fingerprint density at radius 1 is 1.10 bits per heavy atom. The number of nitrogens with two attached hydrogens (primary N) is 1. The van der Waals surface area contributed by atoms with Gasteiger partial charge in [-0.2, -0.15) is 10.2 Å². The zero-order chi connectivity index (χ0) is 28.6. The van der Waals surface area contributed by atoms with Gasteiger partial charge in [-0.3, -0.25) is 4.79 Å². The molecule has 0 bridgehead atoms. The van der Waals surface area contributed by atoms with E-state index in [4.69, 9.17) is 10.5 Å². The minimum Gasteiger partial charge on any atom is -0.444 e. The molecule has 14 nitrogen and oxygen atoms in total. The number of hydrogen-bond donors (Lipinski definition) is 2. The summed E-state index contributed by atoms with van der Waals surface area (Å²) in [5.41, 5.74) is 4.85. The van der Waals surface area contributed by atoms with Crippen molar-refractivity contribution in [1.29, 1.82) is 0 Å². The number of fused-ring (bicyclic) bond motifs is 1. The van der Waals surface area contributed by atoms with Crippen molar-refractivity contribution >= 4 is 35.1 Å². The number of nitrogen functional groups attached to an aromatic ring is 1. The van der Waals surface area contributed by atoms with Crippen molar-refractivity contribution in [2.45, 2.75) is 32.8 Å². The third-order valence-electron chi connectivity index (χ3n) is 5.94. The monoisotopic (exact) mass is 555 g/mol. The first-order valence-corrected chi connectivity index (χ1v) is 12.3. The molecule has 5 rings (SSSR count). The maximum atomic E-state index is 13.8. The molecule has 40 heavy (non-hydrogen) atoms. The zero-order valence-electron chi connectivity index (χ0n) is 22.0. The fraction of sp³-hybridized carbons (Fsp3) is 0.375. The van der Waals surface area contributed by atoms with Crippen molar-refractivity contribution in [2.75, 3.05) is 42.1 Å². The number of nitrogens with zero attached hydrogens (tertiary/aromatic N) is 9. The van der Waals surface area contributed by atoms with Gasteiger partial charge in [0.2, 0.25) is 5.95 Å². The first-order chi connectivity index (χ1) is 19.0. The third-order valence-corrected chi connectivity index (χ3v) is 5.94. The Kier molecular flexibility index (Phi) is 6.91. The fourth-order valence-corrected chi connectivity index (χ4v) is 4.02. The first kappa shape index (κ1) is 26.7. The lowest BCUT2D eigenvalue weighted by molar-refractivity contribution is 0.0240. The van der Waals surface area contributed by atoms with E-state index in [2.05, 4.69) is 30.5 Å². The van der Waals surface area contributed by atoms with Gasteiger partial charge in [0.15, 0.2) is 11.3 Å². The summed E-state index contributed by atoms with van der Waals surface area (Å²) in [6.45, 7) is 7.31. The van der Waals surface area contributed by atoms with Gasteiger partial charge in [0, 0.05) is 32.4 Å². The van der Waals surface area contributed by atoms with Crippen LogP contribution in [0.15, 0.2) is 37.1 Å². The second-order valence-corrected chi connectivity index (χ2v) is 10.0. The molecule has 210 valence electrons. The van der Waals surface area contributed by atoms with Crippen LogP contribution in [0.1, 0.15) is 43.2 Å². The maximum Gasteiger partial charge on any atom is 0.410 e. The van der Waals surface area contributed by atoms with E-state index in [0.717, 1.165) is 4.68 Å². The average Bonchev–Trinajstić information content (AvgIpc) is 3.52. The van der Waals surface area contributed by atoms with Crippen LogP contribution in [0.5, 0.6) is 0 Å². The Morgan fingerprint density at radius 3 is 2.45 bits per heavy atom. The second-order valence-electron chi connectivity index (χ2n) is 10.0. The molecule has 1 aliphatic heterocycles. The van der Waals surface area contributed by atoms with Crippen molar-refractivity contribution < 1.29 is 23.1 Å². The molecule has 0 spiro atoms. The number of alkyl halides is 2. The summed E-state index contributed by atoms with van der Waals surface area (Å²) in [5.74, 6) is -0.106. The molecule has 0 aliphatic carbocycles. The fourth-order valence-electron chi connectivity index (χ4n) is 4.02. The van der Waals surface area contributed by atoms with E-state index in [1.807, 2.05) is 25.7 Å². The molecule has 0 atom stereocenters. The molecule has 2 amide bonds. The van der Waals surface area contributed by atoms with E-state index in [1.54, 1.807) is 4.90 Å². The molecule has 0 aromatic carbocycles. The van der Waals surface area contributed by atoms with Crippen LogP contribution in [-0.4, -0.2) is 83.0 Å². The highest BCUT2D eigenvalue weighted by atomic mass is 19.3. The Balaban J connectivity index is 1.28. The SMILES string of the molecule is CC(C)(C)OC(=O)N1CCN(c2ncc(-n3cc(NC(=O)c4cnn5ccc(N)nc45)c(C(F)F)n3)cn2)CC1. The van der Waals surface area contributed by atoms with Crippen LogP contribution in [-0.2, 0) is 4.74 Å². The van der Waals surface area contributed by atoms with Gasteiger partial charge >= 0.3 is 6.09 Å². The Bertz CT molecular complexity index is 1540. The zero-order valence-corrected chi connectivity index (χ0v) is 22.0. The van der Waals surface area contributed by atoms with Gasteiger partial charge in [-0.15, -0.1) is 0 Å². The number of amides is 2. The first-order valence-electron chi connectivity index (χ1n) is 12.3. The summed E-state index contributed by atoms with van der Waals surface area (Å²) >= 11 is 0. The summed E-state index contributed by atoms with van der Waals surface area (Å²) in [4.78, 5) is 41.5. The molecular weight excluding hydrogens is 528 g/mol. The largest absolute Gasteiger partial charge is 0.444 e. The summed E-state index contributed by atoms with van der Waals surface area (Å²) in [7, 11) is 0. The predicted molar refractivity (Wildman–Crippen MR) is 139 cm³/mol. The normalized spacial score (nSPS) is 14.2. The number of nitrogens with one attached hydrogen (secondary N) is 1. The van der Waals surface area contributed by atoms with E-state index in [0.29, 0.717) is 37.8 Å². The second kappa shape index (κ2) is 10.3. The molecule has 16 heteroatoms. The minimum absolute atomic E-state index is 0.0553. The molecule has 1 fully saturated rings. The third kappa shape index (κ3) is 5.60. The number of halogens is 2. The summed E-state index contributed by atoms with van der Waals surface area (Å²) in [5, 5.41) is 10.4. The topological polar surface area (TPSA) is 162 Å². The van der Waals surface area contributed by atoms with Crippen LogP contribution in [0.4, 0.5) is 31.0 Å². The highest BCUT2D eigenvalue weighted by Gasteiger charge is 2.27. The number of aromatic nitrogens is 7. The van der Waals surface area contributed by atoms with Crippen LogP contribution in [0, 0.1) is 0 Å².